The third-order valence-electron chi connectivity index (χ3n) is 3.04. The maximum absolute atomic E-state index is 11.3. The van der Waals surface area contributed by atoms with E-state index in [1.165, 1.54) is 5.56 Å². The molecular weight excluding hydrogens is 240 g/mol. The highest BCUT2D eigenvalue weighted by atomic mass is 16.3. The van der Waals surface area contributed by atoms with Crippen LogP contribution in [0.15, 0.2) is 24.3 Å². The highest BCUT2D eigenvalue weighted by molar-refractivity contribution is 5.80. The second kappa shape index (κ2) is 6.17. The number of rotatable bonds is 4. The van der Waals surface area contributed by atoms with Gasteiger partial charge in [-0.2, -0.15) is 0 Å². The molecule has 0 aromatic heterocycles. The SMILES string of the molecule is C[C@H](N)C(=O)NCC(O)c1ccc(C(C)(C)C)cc1. The molecule has 1 aromatic rings. The summed E-state index contributed by atoms with van der Waals surface area (Å²) < 4.78 is 0. The Morgan fingerprint density at radius 3 is 2.26 bits per heavy atom. The summed E-state index contributed by atoms with van der Waals surface area (Å²) in [5.41, 5.74) is 7.53. The van der Waals surface area contributed by atoms with Crippen LogP contribution in [0.5, 0.6) is 0 Å². The number of nitrogens with one attached hydrogen (secondary N) is 1. The molecule has 0 bridgehead atoms. The molecule has 0 aliphatic carbocycles. The molecule has 0 heterocycles. The minimum atomic E-state index is -0.711. The Morgan fingerprint density at radius 2 is 1.84 bits per heavy atom. The normalized spacial score (nSPS) is 14.8. The number of carbonyl (C=O) groups is 1. The molecule has 0 aliphatic heterocycles. The predicted octanol–water partition coefficient (Wildman–Crippen LogP) is 1.48. The number of carbonyl (C=O) groups excluding carboxylic acids is 1. The van der Waals surface area contributed by atoms with E-state index < -0.39 is 12.1 Å². The number of aliphatic hydroxyl groups is 1. The molecule has 1 rings (SSSR count). The van der Waals surface area contributed by atoms with Gasteiger partial charge in [-0.15, -0.1) is 0 Å². The molecule has 1 aromatic carbocycles. The van der Waals surface area contributed by atoms with Gasteiger partial charge in [0.05, 0.1) is 12.1 Å². The zero-order valence-corrected chi connectivity index (χ0v) is 12.1. The highest BCUT2D eigenvalue weighted by Gasteiger charge is 2.15. The van der Waals surface area contributed by atoms with Crippen LogP contribution in [0.25, 0.3) is 0 Å². The minimum absolute atomic E-state index is 0.0900. The van der Waals surface area contributed by atoms with Crippen molar-refractivity contribution in [2.24, 2.45) is 5.73 Å². The van der Waals surface area contributed by atoms with Gasteiger partial charge in [-0.05, 0) is 23.5 Å². The average molecular weight is 264 g/mol. The predicted molar refractivity (Wildman–Crippen MR) is 76.8 cm³/mol. The molecule has 2 atom stereocenters. The van der Waals surface area contributed by atoms with Gasteiger partial charge < -0.3 is 16.2 Å². The van der Waals surface area contributed by atoms with Gasteiger partial charge in [-0.1, -0.05) is 45.0 Å². The number of hydrogen-bond donors (Lipinski definition) is 3. The minimum Gasteiger partial charge on any atom is -0.387 e. The van der Waals surface area contributed by atoms with Gasteiger partial charge in [0.1, 0.15) is 0 Å². The van der Waals surface area contributed by atoms with Crippen LogP contribution in [0.1, 0.15) is 44.9 Å². The van der Waals surface area contributed by atoms with Gasteiger partial charge in [0, 0.05) is 6.54 Å². The van der Waals surface area contributed by atoms with Gasteiger partial charge in [-0.3, -0.25) is 4.79 Å². The Labute approximate surface area is 115 Å². The molecule has 0 spiro atoms. The summed E-state index contributed by atoms with van der Waals surface area (Å²) in [5, 5.41) is 12.6. The summed E-state index contributed by atoms with van der Waals surface area (Å²) in [4.78, 5) is 11.3. The lowest BCUT2D eigenvalue weighted by Crippen LogP contribution is -2.40. The quantitative estimate of drug-likeness (QED) is 0.771. The summed E-state index contributed by atoms with van der Waals surface area (Å²) in [6.07, 6.45) is -0.711. The van der Waals surface area contributed by atoms with E-state index in [0.29, 0.717) is 0 Å². The molecule has 19 heavy (non-hydrogen) atoms. The summed E-state index contributed by atoms with van der Waals surface area (Å²) in [6.45, 7) is 8.21. The largest absolute Gasteiger partial charge is 0.387 e. The summed E-state index contributed by atoms with van der Waals surface area (Å²) >= 11 is 0. The molecule has 0 radical (unpaired) electrons. The zero-order valence-electron chi connectivity index (χ0n) is 12.1. The fourth-order valence-corrected chi connectivity index (χ4v) is 1.68. The maximum atomic E-state index is 11.3. The lowest BCUT2D eigenvalue weighted by molar-refractivity contribution is -0.122. The van der Waals surface area contributed by atoms with Gasteiger partial charge in [-0.25, -0.2) is 0 Å². The van der Waals surface area contributed by atoms with Crippen LogP contribution in [0.2, 0.25) is 0 Å². The van der Waals surface area contributed by atoms with Crippen molar-refractivity contribution in [3.63, 3.8) is 0 Å². The lowest BCUT2D eigenvalue weighted by Gasteiger charge is -2.20. The Bertz CT molecular complexity index is 419. The van der Waals surface area contributed by atoms with Crippen molar-refractivity contribution in [2.75, 3.05) is 6.54 Å². The van der Waals surface area contributed by atoms with E-state index in [9.17, 15) is 9.90 Å². The van der Waals surface area contributed by atoms with E-state index in [4.69, 9.17) is 5.73 Å². The first kappa shape index (κ1) is 15.7. The first-order valence-corrected chi connectivity index (χ1v) is 6.53. The monoisotopic (exact) mass is 264 g/mol. The first-order valence-electron chi connectivity index (χ1n) is 6.53. The molecule has 0 saturated heterocycles. The van der Waals surface area contributed by atoms with Crippen molar-refractivity contribution >= 4 is 5.91 Å². The van der Waals surface area contributed by atoms with E-state index in [1.807, 2.05) is 24.3 Å². The van der Waals surface area contributed by atoms with Crippen molar-refractivity contribution in [1.82, 2.24) is 5.32 Å². The van der Waals surface area contributed by atoms with Gasteiger partial charge >= 0.3 is 0 Å². The van der Waals surface area contributed by atoms with Crippen LogP contribution in [-0.4, -0.2) is 23.6 Å². The molecule has 4 heteroatoms. The lowest BCUT2D eigenvalue weighted by atomic mass is 9.86. The van der Waals surface area contributed by atoms with Gasteiger partial charge in [0.25, 0.3) is 0 Å². The fraction of sp³-hybridized carbons (Fsp3) is 0.533. The average Bonchev–Trinajstić information content (AvgIpc) is 2.34. The van der Waals surface area contributed by atoms with Crippen molar-refractivity contribution in [1.29, 1.82) is 0 Å². The molecule has 0 aliphatic rings. The maximum Gasteiger partial charge on any atom is 0.236 e. The molecule has 4 nitrogen and oxygen atoms in total. The number of hydrogen-bond acceptors (Lipinski definition) is 3. The smallest absolute Gasteiger partial charge is 0.236 e. The number of aliphatic hydroxyl groups excluding tert-OH is 1. The Morgan fingerprint density at radius 1 is 1.32 bits per heavy atom. The molecule has 4 N–H and O–H groups in total. The second-order valence-corrected chi connectivity index (χ2v) is 5.92. The van der Waals surface area contributed by atoms with Gasteiger partial charge in [0.2, 0.25) is 5.91 Å². The standard InChI is InChI=1S/C15H24N2O2/c1-10(16)14(19)17-9-13(18)11-5-7-12(8-6-11)15(2,3)4/h5-8,10,13,18H,9,16H2,1-4H3,(H,17,19)/t10-,13?/m0/s1. The molecule has 1 amide bonds. The van der Waals surface area contributed by atoms with Crippen molar-refractivity contribution in [3.05, 3.63) is 35.4 Å². The molecule has 1 unspecified atom stereocenters. The van der Waals surface area contributed by atoms with Crippen LogP contribution in [0.3, 0.4) is 0 Å². The van der Waals surface area contributed by atoms with Gasteiger partial charge in [0.15, 0.2) is 0 Å². The van der Waals surface area contributed by atoms with Crippen LogP contribution in [0.4, 0.5) is 0 Å². The van der Waals surface area contributed by atoms with Crippen molar-refractivity contribution < 1.29 is 9.90 Å². The Hall–Kier alpha value is -1.39. The van der Waals surface area contributed by atoms with Crippen LogP contribution >= 0.6 is 0 Å². The van der Waals surface area contributed by atoms with Crippen LogP contribution in [-0.2, 0) is 10.2 Å². The number of benzene rings is 1. The summed E-state index contributed by atoms with van der Waals surface area (Å²) in [5.74, 6) is -0.259. The van der Waals surface area contributed by atoms with Crippen molar-refractivity contribution in [2.45, 2.75) is 45.3 Å². The molecule has 0 saturated carbocycles. The number of amides is 1. The first-order chi connectivity index (χ1) is 8.71. The Balaban J connectivity index is 2.63. The Kier molecular flexibility index (Phi) is 5.09. The van der Waals surface area contributed by atoms with Crippen LogP contribution < -0.4 is 11.1 Å². The summed E-state index contributed by atoms with van der Waals surface area (Å²) in [7, 11) is 0. The van der Waals surface area contributed by atoms with E-state index in [0.717, 1.165) is 5.56 Å². The third-order valence-corrected chi connectivity index (χ3v) is 3.04. The van der Waals surface area contributed by atoms with Crippen LogP contribution in [0, 0.1) is 0 Å². The zero-order chi connectivity index (χ0) is 14.6. The van der Waals surface area contributed by atoms with E-state index in [2.05, 4.69) is 26.1 Å². The number of nitrogens with two attached hydrogens (primary N) is 1. The molecule has 0 fully saturated rings. The topological polar surface area (TPSA) is 75.4 Å². The molecular formula is C15H24N2O2. The summed E-state index contributed by atoms with van der Waals surface area (Å²) in [6, 6.07) is 7.24. The second-order valence-electron chi connectivity index (χ2n) is 5.92. The molecule has 106 valence electrons. The fourth-order valence-electron chi connectivity index (χ4n) is 1.68. The van der Waals surface area contributed by atoms with E-state index in [1.54, 1.807) is 6.92 Å². The van der Waals surface area contributed by atoms with E-state index >= 15 is 0 Å². The van der Waals surface area contributed by atoms with E-state index in [-0.39, 0.29) is 17.9 Å². The van der Waals surface area contributed by atoms with Crippen molar-refractivity contribution in [3.8, 4) is 0 Å². The highest BCUT2D eigenvalue weighted by Crippen LogP contribution is 2.23. The third kappa shape index (κ3) is 4.65.